The number of hydrogen-bond donors (Lipinski definition) is 1. The molecule has 4 heteroatoms. The second-order valence-corrected chi connectivity index (χ2v) is 4.88. The molecule has 0 fully saturated rings. The average Bonchev–Trinajstić information content (AvgIpc) is 2.16. The first-order valence-corrected chi connectivity index (χ1v) is 6.01. The number of rotatable bonds is 5. The van der Waals surface area contributed by atoms with E-state index < -0.39 is 0 Å². The first-order valence-electron chi connectivity index (χ1n) is 5.23. The lowest BCUT2D eigenvalue weighted by Gasteiger charge is -2.09. The summed E-state index contributed by atoms with van der Waals surface area (Å²) in [4.78, 5) is 0.304. The van der Waals surface area contributed by atoms with Crippen molar-refractivity contribution in [1.29, 1.82) is 0 Å². The SMILES string of the molecule is CC(C)CCOc1ccc(C(N)=S)c(Cl)c1. The standard InChI is InChI=1S/C12H16ClNOS/c1-8(2)5-6-15-9-3-4-10(12(14)16)11(13)7-9/h3-4,7-8H,5-6H2,1-2H3,(H2,14,16). The molecule has 1 rings (SSSR count). The van der Waals surface area contributed by atoms with E-state index in [2.05, 4.69) is 13.8 Å². The Labute approximate surface area is 107 Å². The number of halogens is 1. The van der Waals surface area contributed by atoms with Crippen LogP contribution in [0.3, 0.4) is 0 Å². The Balaban J connectivity index is 2.63. The largest absolute Gasteiger partial charge is 0.494 e. The molecule has 1 aromatic rings. The highest BCUT2D eigenvalue weighted by molar-refractivity contribution is 7.80. The predicted octanol–water partition coefficient (Wildman–Crippen LogP) is 3.40. The summed E-state index contributed by atoms with van der Waals surface area (Å²) in [5, 5.41) is 0.537. The fourth-order valence-electron chi connectivity index (χ4n) is 1.20. The van der Waals surface area contributed by atoms with E-state index in [0.29, 0.717) is 28.1 Å². The van der Waals surface area contributed by atoms with E-state index in [1.165, 1.54) is 0 Å². The van der Waals surface area contributed by atoms with Gasteiger partial charge in [0.25, 0.3) is 0 Å². The summed E-state index contributed by atoms with van der Waals surface area (Å²) in [7, 11) is 0. The van der Waals surface area contributed by atoms with Gasteiger partial charge in [0, 0.05) is 5.56 Å². The summed E-state index contributed by atoms with van der Waals surface area (Å²) >= 11 is 10.9. The zero-order chi connectivity index (χ0) is 12.1. The van der Waals surface area contributed by atoms with Gasteiger partial charge < -0.3 is 10.5 Å². The molecule has 0 aromatic heterocycles. The van der Waals surface area contributed by atoms with Crippen molar-refractivity contribution in [3.63, 3.8) is 0 Å². The maximum Gasteiger partial charge on any atom is 0.120 e. The first-order chi connectivity index (χ1) is 7.50. The molecule has 0 amide bonds. The Bertz CT molecular complexity index is 379. The summed E-state index contributed by atoms with van der Waals surface area (Å²) in [6.45, 7) is 5.01. The predicted molar refractivity (Wildman–Crippen MR) is 72.3 cm³/mol. The minimum atomic E-state index is 0.304. The van der Waals surface area contributed by atoms with Crippen LogP contribution in [0.15, 0.2) is 18.2 Å². The Kier molecular flexibility index (Phi) is 5.03. The molecular formula is C12H16ClNOS. The molecule has 0 heterocycles. The van der Waals surface area contributed by atoms with Gasteiger partial charge in [-0.2, -0.15) is 0 Å². The maximum atomic E-state index is 6.02. The lowest BCUT2D eigenvalue weighted by atomic mass is 10.1. The van der Waals surface area contributed by atoms with Crippen LogP contribution in [0.25, 0.3) is 0 Å². The van der Waals surface area contributed by atoms with E-state index in [-0.39, 0.29) is 0 Å². The number of thiocarbonyl (C=S) groups is 1. The van der Waals surface area contributed by atoms with Gasteiger partial charge in [-0.25, -0.2) is 0 Å². The van der Waals surface area contributed by atoms with Crippen molar-refractivity contribution in [2.45, 2.75) is 20.3 Å². The van der Waals surface area contributed by atoms with Crippen LogP contribution >= 0.6 is 23.8 Å². The molecule has 0 atom stereocenters. The third kappa shape index (κ3) is 3.99. The summed E-state index contributed by atoms with van der Waals surface area (Å²) in [5.41, 5.74) is 6.20. The molecule has 16 heavy (non-hydrogen) atoms. The highest BCUT2D eigenvalue weighted by Gasteiger charge is 2.05. The minimum Gasteiger partial charge on any atom is -0.494 e. The van der Waals surface area contributed by atoms with Gasteiger partial charge in [-0.1, -0.05) is 37.7 Å². The lowest BCUT2D eigenvalue weighted by Crippen LogP contribution is -2.10. The van der Waals surface area contributed by atoms with Crippen molar-refractivity contribution in [2.75, 3.05) is 6.61 Å². The summed E-state index contributed by atoms with van der Waals surface area (Å²) in [6, 6.07) is 5.37. The highest BCUT2D eigenvalue weighted by Crippen LogP contribution is 2.22. The van der Waals surface area contributed by atoms with Gasteiger partial charge in [-0.05, 0) is 30.5 Å². The van der Waals surface area contributed by atoms with E-state index >= 15 is 0 Å². The van der Waals surface area contributed by atoms with Gasteiger partial charge in [0.05, 0.1) is 11.6 Å². The van der Waals surface area contributed by atoms with E-state index in [1.54, 1.807) is 12.1 Å². The molecule has 0 saturated heterocycles. The van der Waals surface area contributed by atoms with Gasteiger partial charge in [-0.15, -0.1) is 0 Å². The number of nitrogens with two attached hydrogens (primary N) is 1. The summed E-state index contributed by atoms with van der Waals surface area (Å²) in [5.74, 6) is 1.39. The van der Waals surface area contributed by atoms with Crippen molar-refractivity contribution in [3.8, 4) is 5.75 Å². The molecule has 88 valence electrons. The lowest BCUT2D eigenvalue weighted by molar-refractivity contribution is 0.289. The van der Waals surface area contributed by atoms with Gasteiger partial charge in [-0.3, -0.25) is 0 Å². The average molecular weight is 258 g/mol. The van der Waals surface area contributed by atoms with E-state index in [4.69, 9.17) is 34.3 Å². The molecule has 0 bridgehead atoms. The molecule has 0 aliphatic rings. The quantitative estimate of drug-likeness (QED) is 0.822. The van der Waals surface area contributed by atoms with Crippen molar-refractivity contribution >= 4 is 28.8 Å². The number of hydrogen-bond acceptors (Lipinski definition) is 2. The third-order valence-electron chi connectivity index (χ3n) is 2.17. The number of benzene rings is 1. The molecular weight excluding hydrogens is 242 g/mol. The molecule has 0 saturated carbocycles. The van der Waals surface area contributed by atoms with Gasteiger partial charge >= 0.3 is 0 Å². The van der Waals surface area contributed by atoms with Gasteiger partial charge in [0.1, 0.15) is 10.7 Å². The molecule has 0 spiro atoms. The van der Waals surface area contributed by atoms with Crippen LogP contribution in [0.5, 0.6) is 5.75 Å². The van der Waals surface area contributed by atoms with E-state index in [0.717, 1.165) is 12.2 Å². The molecule has 0 unspecified atom stereocenters. The van der Waals surface area contributed by atoms with Gasteiger partial charge in [0.2, 0.25) is 0 Å². The highest BCUT2D eigenvalue weighted by atomic mass is 35.5. The molecule has 2 N–H and O–H groups in total. The van der Waals surface area contributed by atoms with Crippen molar-refractivity contribution in [1.82, 2.24) is 0 Å². The second kappa shape index (κ2) is 6.06. The molecule has 2 nitrogen and oxygen atoms in total. The van der Waals surface area contributed by atoms with Crippen molar-refractivity contribution in [3.05, 3.63) is 28.8 Å². The molecule has 0 aliphatic carbocycles. The van der Waals surface area contributed by atoms with Crippen LogP contribution in [0.1, 0.15) is 25.8 Å². The Morgan fingerprint density at radius 3 is 2.69 bits per heavy atom. The van der Waals surface area contributed by atoms with Crippen LogP contribution in [-0.2, 0) is 0 Å². The fourth-order valence-corrected chi connectivity index (χ4v) is 1.70. The third-order valence-corrected chi connectivity index (χ3v) is 2.70. The molecule has 1 aromatic carbocycles. The van der Waals surface area contributed by atoms with Crippen LogP contribution in [0.2, 0.25) is 5.02 Å². The first kappa shape index (κ1) is 13.3. The van der Waals surface area contributed by atoms with Gasteiger partial charge in [0.15, 0.2) is 0 Å². The van der Waals surface area contributed by atoms with Crippen molar-refractivity contribution in [2.24, 2.45) is 11.7 Å². The van der Waals surface area contributed by atoms with Crippen LogP contribution in [0, 0.1) is 5.92 Å². The van der Waals surface area contributed by atoms with E-state index in [9.17, 15) is 0 Å². The maximum absolute atomic E-state index is 6.02. The van der Waals surface area contributed by atoms with E-state index in [1.807, 2.05) is 6.07 Å². The summed E-state index contributed by atoms with van der Waals surface area (Å²) < 4.78 is 5.56. The normalized spacial score (nSPS) is 10.5. The topological polar surface area (TPSA) is 35.2 Å². The monoisotopic (exact) mass is 257 g/mol. The second-order valence-electron chi connectivity index (χ2n) is 4.04. The zero-order valence-electron chi connectivity index (χ0n) is 9.50. The zero-order valence-corrected chi connectivity index (χ0v) is 11.1. The minimum absolute atomic E-state index is 0.304. The van der Waals surface area contributed by atoms with Crippen molar-refractivity contribution < 1.29 is 4.74 Å². The smallest absolute Gasteiger partial charge is 0.120 e. The molecule has 0 radical (unpaired) electrons. The summed E-state index contributed by atoms with van der Waals surface area (Å²) in [6.07, 6.45) is 1.02. The Morgan fingerprint density at radius 1 is 1.50 bits per heavy atom. The Morgan fingerprint density at radius 2 is 2.19 bits per heavy atom. The van der Waals surface area contributed by atoms with Crippen LogP contribution in [0.4, 0.5) is 0 Å². The fraction of sp³-hybridized carbons (Fsp3) is 0.417. The number of ether oxygens (including phenoxy) is 1. The van der Waals surface area contributed by atoms with Crippen LogP contribution < -0.4 is 10.5 Å². The molecule has 0 aliphatic heterocycles. The Hall–Kier alpha value is -0.800. The van der Waals surface area contributed by atoms with Crippen LogP contribution in [-0.4, -0.2) is 11.6 Å².